The molecule has 1 heterocycles. The Balaban J connectivity index is 1.71. The van der Waals surface area contributed by atoms with Crippen molar-refractivity contribution in [1.29, 1.82) is 0 Å². The van der Waals surface area contributed by atoms with Crippen molar-refractivity contribution in [3.8, 4) is 5.75 Å². The molecule has 0 aliphatic carbocycles. The highest BCUT2D eigenvalue weighted by Gasteiger charge is 2.22. The second-order valence-electron chi connectivity index (χ2n) is 5.93. The molecule has 6 heteroatoms. The summed E-state index contributed by atoms with van der Waals surface area (Å²) in [7, 11) is 4.04. The molecule has 0 amide bonds. The monoisotopic (exact) mass is 312 g/mol. The zero-order valence-electron chi connectivity index (χ0n) is 13.2. The maximum atomic E-state index is 12.8. The van der Waals surface area contributed by atoms with E-state index in [0.717, 1.165) is 19.6 Å². The van der Waals surface area contributed by atoms with Crippen molar-refractivity contribution in [2.45, 2.75) is 12.2 Å². The van der Waals surface area contributed by atoms with Crippen LogP contribution in [0.1, 0.15) is 0 Å². The van der Waals surface area contributed by atoms with Crippen LogP contribution in [0, 0.1) is 5.82 Å². The molecule has 1 saturated heterocycles. The van der Waals surface area contributed by atoms with E-state index in [1.807, 2.05) is 14.1 Å². The van der Waals surface area contributed by atoms with Crippen LogP contribution in [0.25, 0.3) is 0 Å². The van der Waals surface area contributed by atoms with Gasteiger partial charge in [0.15, 0.2) is 0 Å². The SMILES string of the molecule is CN(C)CC1CN(CC(O)COc2ccc(F)cc2)CCO1. The number of β-amino-alcohol motifs (C(OH)–C–C–N with tert-alkyl or cyclic N) is 1. The van der Waals surface area contributed by atoms with Gasteiger partial charge in [-0.3, -0.25) is 4.90 Å². The zero-order chi connectivity index (χ0) is 15.9. The second kappa shape index (κ2) is 8.43. The van der Waals surface area contributed by atoms with Gasteiger partial charge >= 0.3 is 0 Å². The fourth-order valence-corrected chi connectivity index (χ4v) is 2.54. The van der Waals surface area contributed by atoms with Crippen LogP contribution < -0.4 is 4.74 Å². The summed E-state index contributed by atoms with van der Waals surface area (Å²) in [6.07, 6.45) is -0.405. The lowest BCUT2D eigenvalue weighted by atomic mass is 10.2. The molecule has 124 valence electrons. The summed E-state index contributed by atoms with van der Waals surface area (Å²) < 4.78 is 24.0. The molecule has 1 aliphatic rings. The van der Waals surface area contributed by atoms with E-state index in [1.165, 1.54) is 12.1 Å². The first kappa shape index (κ1) is 17.1. The third kappa shape index (κ3) is 5.88. The number of nitrogens with zero attached hydrogens (tertiary/aromatic N) is 2. The largest absolute Gasteiger partial charge is 0.491 e. The lowest BCUT2D eigenvalue weighted by Gasteiger charge is -2.35. The van der Waals surface area contributed by atoms with Crippen LogP contribution in [0.15, 0.2) is 24.3 Å². The van der Waals surface area contributed by atoms with E-state index in [-0.39, 0.29) is 18.5 Å². The van der Waals surface area contributed by atoms with Gasteiger partial charge in [0.2, 0.25) is 0 Å². The third-order valence-electron chi connectivity index (χ3n) is 3.52. The molecule has 1 N–H and O–H groups in total. The van der Waals surface area contributed by atoms with Crippen molar-refractivity contribution in [1.82, 2.24) is 9.80 Å². The van der Waals surface area contributed by atoms with E-state index in [4.69, 9.17) is 9.47 Å². The Labute approximate surface area is 131 Å². The van der Waals surface area contributed by atoms with E-state index in [2.05, 4.69) is 9.80 Å². The summed E-state index contributed by atoms with van der Waals surface area (Å²) in [6.45, 7) is 3.93. The average molecular weight is 312 g/mol. The van der Waals surface area contributed by atoms with Gasteiger partial charge in [-0.05, 0) is 38.4 Å². The zero-order valence-corrected chi connectivity index (χ0v) is 13.2. The van der Waals surface area contributed by atoms with E-state index in [0.29, 0.717) is 18.9 Å². The number of likely N-dealkylation sites (N-methyl/N-ethyl adjacent to an activating group) is 1. The molecular weight excluding hydrogens is 287 g/mol. The third-order valence-corrected chi connectivity index (χ3v) is 3.52. The van der Waals surface area contributed by atoms with Gasteiger partial charge in [-0.15, -0.1) is 0 Å². The van der Waals surface area contributed by atoms with Crippen molar-refractivity contribution in [3.63, 3.8) is 0 Å². The van der Waals surface area contributed by atoms with E-state index < -0.39 is 6.10 Å². The molecule has 2 atom stereocenters. The van der Waals surface area contributed by atoms with Gasteiger partial charge in [0.05, 0.1) is 12.7 Å². The summed E-state index contributed by atoms with van der Waals surface area (Å²) in [4.78, 5) is 4.29. The van der Waals surface area contributed by atoms with Crippen LogP contribution in [-0.4, -0.2) is 80.6 Å². The molecule has 0 aromatic heterocycles. The summed E-state index contributed by atoms with van der Waals surface area (Å²) in [5.74, 6) is 0.265. The Hall–Kier alpha value is -1.21. The van der Waals surface area contributed by atoms with Crippen molar-refractivity contribution in [3.05, 3.63) is 30.1 Å². The predicted octanol–water partition coefficient (Wildman–Crippen LogP) is 0.828. The van der Waals surface area contributed by atoms with Gasteiger partial charge in [-0.25, -0.2) is 4.39 Å². The van der Waals surface area contributed by atoms with Crippen LogP contribution in [0.4, 0.5) is 4.39 Å². The van der Waals surface area contributed by atoms with Crippen molar-refractivity contribution >= 4 is 0 Å². The molecule has 0 saturated carbocycles. The Morgan fingerprint density at radius 2 is 2.14 bits per heavy atom. The highest BCUT2D eigenvalue weighted by atomic mass is 19.1. The fourth-order valence-electron chi connectivity index (χ4n) is 2.54. The van der Waals surface area contributed by atoms with Gasteiger partial charge in [-0.2, -0.15) is 0 Å². The van der Waals surface area contributed by atoms with E-state index in [1.54, 1.807) is 12.1 Å². The molecule has 2 rings (SSSR count). The van der Waals surface area contributed by atoms with Gasteiger partial charge in [0, 0.05) is 26.2 Å². The molecule has 22 heavy (non-hydrogen) atoms. The molecule has 1 aliphatic heterocycles. The number of morpholine rings is 1. The smallest absolute Gasteiger partial charge is 0.123 e. The minimum Gasteiger partial charge on any atom is -0.491 e. The first-order valence-electron chi connectivity index (χ1n) is 7.58. The second-order valence-corrected chi connectivity index (χ2v) is 5.93. The van der Waals surface area contributed by atoms with Crippen LogP contribution in [0.2, 0.25) is 0 Å². The topological polar surface area (TPSA) is 45.2 Å². The summed E-state index contributed by atoms with van der Waals surface area (Å²) in [5, 5.41) is 10.1. The van der Waals surface area contributed by atoms with E-state index >= 15 is 0 Å². The normalized spacial score (nSPS) is 21.0. The molecule has 1 fully saturated rings. The average Bonchev–Trinajstić information content (AvgIpc) is 2.46. The molecule has 2 unspecified atom stereocenters. The summed E-state index contributed by atoms with van der Waals surface area (Å²) in [6, 6.07) is 5.80. The Morgan fingerprint density at radius 1 is 1.41 bits per heavy atom. The van der Waals surface area contributed by atoms with Gasteiger partial charge in [-0.1, -0.05) is 0 Å². The Morgan fingerprint density at radius 3 is 2.82 bits per heavy atom. The number of aliphatic hydroxyl groups excluding tert-OH is 1. The standard InChI is InChI=1S/C16H25FN2O3/c1-18(2)10-16-11-19(7-8-21-16)9-14(20)12-22-15-5-3-13(17)4-6-15/h3-6,14,16,20H,7-12H2,1-2H3. The predicted molar refractivity (Wildman–Crippen MR) is 82.6 cm³/mol. The summed E-state index contributed by atoms with van der Waals surface area (Å²) in [5.41, 5.74) is 0. The summed E-state index contributed by atoms with van der Waals surface area (Å²) >= 11 is 0. The lowest BCUT2D eigenvalue weighted by Crippen LogP contribution is -2.49. The number of halogens is 1. The van der Waals surface area contributed by atoms with Crippen LogP contribution in [-0.2, 0) is 4.74 Å². The van der Waals surface area contributed by atoms with Crippen molar-refractivity contribution in [2.75, 3.05) is 53.5 Å². The number of aliphatic hydroxyl groups is 1. The molecule has 1 aromatic carbocycles. The quantitative estimate of drug-likeness (QED) is 0.808. The first-order chi connectivity index (χ1) is 10.5. The maximum absolute atomic E-state index is 12.8. The number of hydrogen-bond donors (Lipinski definition) is 1. The minimum atomic E-state index is -0.580. The van der Waals surface area contributed by atoms with Gasteiger partial charge in [0.25, 0.3) is 0 Å². The molecular formula is C16H25FN2O3. The fraction of sp³-hybridized carbons (Fsp3) is 0.625. The van der Waals surface area contributed by atoms with Crippen LogP contribution in [0.3, 0.4) is 0 Å². The number of benzene rings is 1. The Kier molecular flexibility index (Phi) is 6.57. The number of rotatable bonds is 7. The van der Waals surface area contributed by atoms with Gasteiger partial charge < -0.3 is 19.5 Å². The molecule has 0 spiro atoms. The number of ether oxygens (including phenoxy) is 2. The van der Waals surface area contributed by atoms with Crippen molar-refractivity contribution in [2.24, 2.45) is 0 Å². The Bertz CT molecular complexity index is 442. The molecule has 0 radical (unpaired) electrons. The van der Waals surface area contributed by atoms with Gasteiger partial charge in [0.1, 0.15) is 24.3 Å². The van der Waals surface area contributed by atoms with Crippen LogP contribution in [0.5, 0.6) is 5.75 Å². The minimum absolute atomic E-state index is 0.175. The highest BCUT2D eigenvalue weighted by molar-refractivity contribution is 5.22. The van der Waals surface area contributed by atoms with Crippen LogP contribution >= 0.6 is 0 Å². The first-order valence-corrected chi connectivity index (χ1v) is 7.58. The maximum Gasteiger partial charge on any atom is 0.123 e. The number of hydrogen-bond acceptors (Lipinski definition) is 5. The highest BCUT2D eigenvalue weighted by Crippen LogP contribution is 2.12. The lowest BCUT2D eigenvalue weighted by molar-refractivity contribution is -0.0519. The van der Waals surface area contributed by atoms with Crippen molar-refractivity contribution < 1.29 is 19.0 Å². The molecule has 0 bridgehead atoms. The van der Waals surface area contributed by atoms with E-state index in [9.17, 15) is 9.50 Å². The molecule has 1 aromatic rings. The molecule has 5 nitrogen and oxygen atoms in total.